The number of carbonyl (C=O) groups is 1. The smallest absolute Gasteiger partial charge is 0.266 e. The molecule has 0 saturated heterocycles. The molecule has 0 aliphatic heterocycles. The van der Waals surface area contributed by atoms with Gasteiger partial charge in [0.15, 0.2) is 5.16 Å². The number of carbonyl (C=O) groups excluding carboxylic acids is 1. The first-order valence-corrected chi connectivity index (χ1v) is 14.3. The molecule has 1 N–H and O–H groups in total. The molecule has 0 saturated carbocycles. The van der Waals surface area contributed by atoms with Gasteiger partial charge in [-0.1, -0.05) is 55.4 Å². The van der Waals surface area contributed by atoms with Crippen LogP contribution in [0.25, 0.3) is 16.6 Å². The van der Waals surface area contributed by atoms with Crippen LogP contribution in [0, 0.1) is 6.92 Å². The molecular weight excluding hydrogens is 508 g/mol. The van der Waals surface area contributed by atoms with Crippen LogP contribution in [-0.2, 0) is 14.8 Å². The lowest BCUT2D eigenvalue weighted by Crippen LogP contribution is -2.30. The van der Waals surface area contributed by atoms with Crippen molar-refractivity contribution < 1.29 is 13.2 Å². The molecule has 1 aromatic heterocycles. The van der Waals surface area contributed by atoms with Gasteiger partial charge >= 0.3 is 0 Å². The largest absolute Gasteiger partial charge is 0.325 e. The van der Waals surface area contributed by atoms with Crippen molar-refractivity contribution >= 4 is 44.3 Å². The number of rotatable bonds is 9. The topological polar surface area (TPSA) is 101 Å². The summed E-state index contributed by atoms with van der Waals surface area (Å²) in [7, 11) is -3.57. The molecule has 192 valence electrons. The van der Waals surface area contributed by atoms with Crippen molar-refractivity contribution in [2.75, 3.05) is 24.2 Å². The number of nitrogens with one attached hydrogen (secondary N) is 1. The van der Waals surface area contributed by atoms with Gasteiger partial charge in [-0.25, -0.2) is 13.4 Å². The monoisotopic (exact) mass is 536 g/mol. The maximum Gasteiger partial charge on any atom is 0.266 e. The average Bonchev–Trinajstić information content (AvgIpc) is 2.89. The van der Waals surface area contributed by atoms with Crippen LogP contribution in [0.5, 0.6) is 0 Å². The molecular formula is C27H28N4O4S2. The van der Waals surface area contributed by atoms with Gasteiger partial charge in [0, 0.05) is 18.8 Å². The minimum atomic E-state index is -3.57. The van der Waals surface area contributed by atoms with Crippen LogP contribution in [0.4, 0.5) is 5.69 Å². The molecule has 0 fully saturated rings. The fourth-order valence-electron chi connectivity index (χ4n) is 3.88. The predicted octanol–water partition coefficient (Wildman–Crippen LogP) is 4.46. The van der Waals surface area contributed by atoms with Crippen molar-refractivity contribution in [3.8, 4) is 5.69 Å². The fourth-order valence-corrected chi connectivity index (χ4v) is 6.15. The Morgan fingerprint density at radius 2 is 1.62 bits per heavy atom. The second-order valence-electron chi connectivity index (χ2n) is 8.34. The van der Waals surface area contributed by atoms with E-state index in [0.29, 0.717) is 40.5 Å². The van der Waals surface area contributed by atoms with Gasteiger partial charge in [0.05, 0.1) is 27.2 Å². The Kier molecular flexibility index (Phi) is 8.11. The van der Waals surface area contributed by atoms with E-state index in [1.165, 1.54) is 21.0 Å². The first-order chi connectivity index (χ1) is 17.7. The second-order valence-corrected chi connectivity index (χ2v) is 11.2. The summed E-state index contributed by atoms with van der Waals surface area (Å²) < 4.78 is 28.2. The maximum atomic E-state index is 13.3. The highest BCUT2D eigenvalue weighted by molar-refractivity contribution is 7.99. The van der Waals surface area contributed by atoms with E-state index in [4.69, 9.17) is 0 Å². The van der Waals surface area contributed by atoms with Gasteiger partial charge in [-0.05, 0) is 55.5 Å². The number of para-hydroxylation sites is 1. The Balaban J connectivity index is 1.54. The van der Waals surface area contributed by atoms with Crippen molar-refractivity contribution in [1.82, 2.24) is 13.9 Å². The number of benzene rings is 3. The highest BCUT2D eigenvalue weighted by Crippen LogP contribution is 2.23. The Morgan fingerprint density at radius 1 is 0.973 bits per heavy atom. The lowest BCUT2D eigenvalue weighted by Gasteiger charge is -2.18. The van der Waals surface area contributed by atoms with E-state index in [-0.39, 0.29) is 22.1 Å². The van der Waals surface area contributed by atoms with E-state index >= 15 is 0 Å². The van der Waals surface area contributed by atoms with Crippen LogP contribution in [0.15, 0.2) is 87.6 Å². The summed E-state index contributed by atoms with van der Waals surface area (Å²) in [6.45, 7) is 6.30. The summed E-state index contributed by atoms with van der Waals surface area (Å²) >= 11 is 1.16. The summed E-state index contributed by atoms with van der Waals surface area (Å²) in [4.78, 5) is 30.9. The first-order valence-electron chi connectivity index (χ1n) is 11.9. The summed E-state index contributed by atoms with van der Waals surface area (Å²) in [6.07, 6.45) is 0. The summed E-state index contributed by atoms with van der Waals surface area (Å²) in [6, 6.07) is 20.8. The molecule has 0 aliphatic rings. The fraction of sp³-hybridized carbons (Fsp3) is 0.222. The number of thioether (sulfide) groups is 1. The van der Waals surface area contributed by atoms with Gasteiger partial charge < -0.3 is 5.32 Å². The number of anilines is 1. The molecule has 0 aliphatic carbocycles. The minimum absolute atomic E-state index is 0.0101. The van der Waals surface area contributed by atoms with Gasteiger partial charge in [0.2, 0.25) is 15.9 Å². The number of hydrogen-bond donors (Lipinski definition) is 1. The molecule has 0 unspecified atom stereocenters. The maximum absolute atomic E-state index is 13.3. The molecule has 3 aromatic carbocycles. The summed E-state index contributed by atoms with van der Waals surface area (Å²) in [5.74, 6) is -0.293. The molecule has 10 heteroatoms. The number of aryl methyl sites for hydroxylation is 1. The standard InChI is InChI=1S/C27H28N4O4S2/c1-4-30(5-2)37(34,35)22-16-12-20(13-17-22)28-25(32)18-36-27-29-24-9-7-6-8-23(24)26(33)31(27)21-14-10-19(3)11-15-21/h6-17H,4-5,18H2,1-3H3,(H,28,32). The molecule has 0 radical (unpaired) electrons. The molecule has 0 atom stereocenters. The normalized spacial score (nSPS) is 11.7. The Bertz CT molecular complexity index is 1580. The van der Waals surface area contributed by atoms with Crippen molar-refractivity contribution in [3.63, 3.8) is 0 Å². The highest BCUT2D eigenvalue weighted by atomic mass is 32.2. The molecule has 37 heavy (non-hydrogen) atoms. The van der Waals surface area contributed by atoms with Crippen LogP contribution in [-0.4, -0.2) is 47.0 Å². The Morgan fingerprint density at radius 3 is 2.27 bits per heavy atom. The SMILES string of the molecule is CCN(CC)S(=O)(=O)c1ccc(NC(=O)CSc2nc3ccccc3c(=O)n2-c2ccc(C)cc2)cc1. The van der Waals surface area contributed by atoms with Gasteiger partial charge in [0.25, 0.3) is 5.56 Å². The molecule has 8 nitrogen and oxygen atoms in total. The first kappa shape index (κ1) is 26.6. The van der Waals surface area contributed by atoms with Crippen LogP contribution < -0.4 is 10.9 Å². The van der Waals surface area contributed by atoms with Crippen LogP contribution in [0.1, 0.15) is 19.4 Å². The van der Waals surface area contributed by atoms with E-state index in [9.17, 15) is 18.0 Å². The summed E-state index contributed by atoms with van der Waals surface area (Å²) in [5.41, 5.74) is 2.56. The molecule has 0 spiro atoms. The quantitative estimate of drug-likeness (QED) is 0.250. The third-order valence-corrected chi connectivity index (χ3v) is 8.85. The lowest BCUT2D eigenvalue weighted by atomic mass is 10.2. The van der Waals surface area contributed by atoms with E-state index in [0.717, 1.165) is 17.3 Å². The van der Waals surface area contributed by atoms with Crippen molar-refractivity contribution in [1.29, 1.82) is 0 Å². The van der Waals surface area contributed by atoms with E-state index in [1.807, 2.05) is 37.3 Å². The van der Waals surface area contributed by atoms with Gasteiger partial charge in [-0.15, -0.1) is 0 Å². The number of aromatic nitrogens is 2. The Hall–Kier alpha value is -3.47. The number of amides is 1. The number of hydrogen-bond acceptors (Lipinski definition) is 6. The van der Waals surface area contributed by atoms with Crippen molar-refractivity contribution in [2.24, 2.45) is 0 Å². The van der Waals surface area contributed by atoms with Crippen LogP contribution >= 0.6 is 11.8 Å². The lowest BCUT2D eigenvalue weighted by molar-refractivity contribution is -0.113. The molecule has 1 amide bonds. The zero-order valence-electron chi connectivity index (χ0n) is 20.8. The van der Waals surface area contributed by atoms with Gasteiger partial charge in [-0.3, -0.25) is 14.2 Å². The zero-order valence-corrected chi connectivity index (χ0v) is 22.5. The third-order valence-electron chi connectivity index (χ3n) is 5.85. The number of sulfonamides is 1. The van der Waals surface area contributed by atoms with E-state index in [2.05, 4.69) is 10.3 Å². The van der Waals surface area contributed by atoms with E-state index in [1.54, 1.807) is 44.2 Å². The molecule has 0 bridgehead atoms. The van der Waals surface area contributed by atoms with Crippen molar-refractivity contribution in [3.05, 3.63) is 88.7 Å². The third kappa shape index (κ3) is 5.76. The van der Waals surface area contributed by atoms with Gasteiger partial charge in [0.1, 0.15) is 0 Å². The van der Waals surface area contributed by atoms with E-state index < -0.39 is 10.0 Å². The Labute approximate surface area is 220 Å². The van der Waals surface area contributed by atoms with Crippen LogP contribution in [0.3, 0.4) is 0 Å². The highest BCUT2D eigenvalue weighted by Gasteiger charge is 2.21. The molecule has 4 rings (SSSR count). The summed E-state index contributed by atoms with van der Waals surface area (Å²) in [5, 5.41) is 3.69. The molecule has 1 heterocycles. The van der Waals surface area contributed by atoms with Crippen LogP contribution in [0.2, 0.25) is 0 Å². The number of fused-ring (bicyclic) bond motifs is 1. The zero-order chi connectivity index (χ0) is 26.6. The molecule has 4 aromatic rings. The predicted molar refractivity (Wildman–Crippen MR) is 148 cm³/mol. The average molecular weight is 537 g/mol. The van der Waals surface area contributed by atoms with Crippen molar-refractivity contribution in [2.45, 2.75) is 30.8 Å². The second kappa shape index (κ2) is 11.3. The minimum Gasteiger partial charge on any atom is -0.325 e. The number of nitrogens with zero attached hydrogens (tertiary/aromatic N) is 3. The van der Waals surface area contributed by atoms with Gasteiger partial charge in [-0.2, -0.15) is 4.31 Å².